The molecule has 1 amide bonds. The van der Waals surface area contributed by atoms with E-state index in [0.717, 1.165) is 10.6 Å². The summed E-state index contributed by atoms with van der Waals surface area (Å²) in [5, 5.41) is 4.43. The Morgan fingerprint density at radius 3 is 2.44 bits per heavy atom. The lowest BCUT2D eigenvalue weighted by Crippen LogP contribution is -2.37. The summed E-state index contributed by atoms with van der Waals surface area (Å²) in [5.74, 6) is 0.745. The Morgan fingerprint density at radius 1 is 1.16 bits per heavy atom. The van der Waals surface area contributed by atoms with Crippen molar-refractivity contribution in [2.24, 2.45) is 0 Å². The third-order valence-electron chi connectivity index (χ3n) is 4.69. The molecule has 1 unspecified atom stereocenters. The van der Waals surface area contributed by atoms with E-state index in [-0.39, 0.29) is 18.3 Å². The molecule has 1 aromatic heterocycles. The fourth-order valence-corrected chi connectivity index (χ4v) is 3.57. The molecule has 1 heterocycles. The number of carbonyl (C=O) groups is 1. The van der Waals surface area contributed by atoms with Crippen LogP contribution in [-0.4, -0.2) is 55.8 Å². The number of hydrogen-bond donors (Lipinski definition) is 0. The van der Waals surface area contributed by atoms with E-state index < -0.39 is 16.1 Å². The Labute approximate surface area is 191 Å². The zero-order valence-corrected chi connectivity index (χ0v) is 19.6. The molecule has 0 aliphatic heterocycles. The second kappa shape index (κ2) is 9.58. The van der Waals surface area contributed by atoms with E-state index in [0.29, 0.717) is 27.8 Å². The Balaban J connectivity index is 1.61. The van der Waals surface area contributed by atoms with Gasteiger partial charge in [0.05, 0.1) is 23.5 Å². The van der Waals surface area contributed by atoms with Crippen molar-refractivity contribution >= 4 is 33.2 Å². The summed E-state index contributed by atoms with van der Waals surface area (Å²) in [5.41, 5.74) is 1.13. The number of carbonyl (C=O) groups excluding carboxylic acids is 1. The van der Waals surface area contributed by atoms with E-state index in [4.69, 9.17) is 20.9 Å². The van der Waals surface area contributed by atoms with Crippen LogP contribution in [0.5, 0.6) is 5.75 Å². The number of benzene rings is 2. The first-order chi connectivity index (χ1) is 15.1. The second-order valence-corrected chi connectivity index (χ2v) is 9.59. The van der Waals surface area contributed by atoms with Gasteiger partial charge in [-0.1, -0.05) is 28.9 Å². The Bertz CT molecular complexity index is 1200. The molecule has 0 fully saturated rings. The SMILES string of the molecule is CC(Oc1ccc(N(C)S(C)(=O)=O)cc1)C(=O)N(C)Cc1nc(-c2ccccc2Cl)no1. The summed E-state index contributed by atoms with van der Waals surface area (Å²) in [4.78, 5) is 18.4. The summed E-state index contributed by atoms with van der Waals surface area (Å²) >= 11 is 6.16. The van der Waals surface area contributed by atoms with Crippen molar-refractivity contribution < 1.29 is 22.5 Å². The predicted molar refractivity (Wildman–Crippen MR) is 121 cm³/mol. The molecule has 9 nitrogen and oxygen atoms in total. The molecule has 1 atom stereocenters. The van der Waals surface area contributed by atoms with Crippen LogP contribution in [0, 0.1) is 0 Å². The number of rotatable bonds is 8. The minimum atomic E-state index is -3.36. The smallest absolute Gasteiger partial charge is 0.263 e. The molecule has 0 aliphatic rings. The van der Waals surface area contributed by atoms with Gasteiger partial charge in [-0.3, -0.25) is 9.10 Å². The number of aromatic nitrogens is 2. The van der Waals surface area contributed by atoms with E-state index in [2.05, 4.69) is 10.1 Å². The Morgan fingerprint density at radius 2 is 1.81 bits per heavy atom. The second-order valence-electron chi connectivity index (χ2n) is 7.17. The molecule has 2 aromatic carbocycles. The maximum Gasteiger partial charge on any atom is 0.263 e. The van der Waals surface area contributed by atoms with Crippen LogP contribution in [-0.2, 0) is 21.4 Å². The van der Waals surface area contributed by atoms with Gasteiger partial charge >= 0.3 is 0 Å². The van der Waals surface area contributed by atoms with E-state index in [1.807, 2.05) is 6.07 Å². The lowest BCUT2D eigenvalue weighted by atomic mass is 10.2. The lowest BCUT2D eigenvalue weighted by Gasteiger charge is -2.21. The van der Waals surface area contributed by atoms with Crippen LogP contribution < -0.4 is 9.04 Å². The molecular formula is C21H23ClN4O5S. The van der Waals surface area contributed by atoms with Gasteiger partial charge in [-0.2, -0.15) is 4.98 Å². The van der Waals surface area contributed by atoms with Gasteiger partial charge in [0, 0.05) is 19.7 Å². The first kappa shape index (κ1) is 23.6. The van der Waals surface area contributed by atoms with E-state index >= 15 is 0 Å². The summed E-state index contributed by atoms with van der Waals surface area (Å²) < 4.78 is 35.4. The summed E-state index contributed by atoms with van der Waals surface area (Å²) in [7, 11) is -0.298. The first-order valence-electron chi connectivity index (χ1n) is 9.59. The summed E-state index contributed by atoms with van der Waals surface area (Å²) in [6.45, 7) is 1.72. The molecule has 0 spiro atoms. The summed E-state index contributed by atoms with van der Waals surface area (Å²) in [6.07, 6.45) is 0.332. The fraction of sp³-hybridized carbons (Fsp3) is 0.286. The highest BCUT2D eigenvalue weighted by Crippen LogP contribution is 2.25. The first-order valence-corrected chi connectivity index (χ1v) is 11.8. The minimum absolute atomic E-state index is 0.0993. The molecule has 32 heavy (non-hydrogen) atoms. The molecule has 3 rings (SSSR count). The number of likely N-dealkylation sites (N-methyl/N-ethyl adjacent to an activating group) is 1. The molecule has 0 bridgehead atoms. The highest BCUT2D eigenvalue weighted by Gasteiger charge is 2.22. The monoisotopic (exact) mass is 478 g/mol. The largest absolute Gasteiger partial charge is 0.481 e. The highest BCUT2D eigenvalue weighted by atomic mass is 35.5. The number of anilines is 1. The molecular weight excluding hydrogens is 456 g/mol. The quantitative estimate of drug-likeness (QED) is 0.489. The highest BCUT2D eigenvalue weighted by molar-refractivity contribution is 7.92. The van der Waals surface area contributed by atoms with Crippen molar-refractivity contribution in [3.63, 3.8) is 0 Å². The fourth-order valence-electron chi connectivity index (χ4n) is 2.84. The van der Waals surface area contributed by atoms with Gasteiger partial charge in [-0.15, -0.1) is 0 Å². The number of nitrogens with zero attached hydrogens (tertiary/aromatic N) is 4. The molecule has 3 aromatic rings. The van der Waals surface area contributed by atoms with Gasteiger partial charge in [0.2, 0.25) is 21.7 Å². The molecule has 0 aliphatic carbocycles. The van der Waals surface area contributed by atoms with Crippen LogP contribution in [0.3, 0.4) is 0 Å². The zero-order valence-electron chi connectivity index (χ0n) is 18.0. The molecule has 0 radical (unpaired) electrons. The van der Waals surface area contributed by atoms with Gasteiger partial charge in [0.15, 0.2) is 6.10 Å². The number of halogens is 1. The Kier molecular flexibility index (Phi) is 7.05. The number of ether oxygens (including phenoxy) is 1. The van der Waals surface area contributed by atoms with Crippen LogP contribution in [0.4, 0.5) is 5.69 Å². The minimum Gasteiger partial charge on any atom is -0.481 e. The van der Waals surface area contributed by atoms with Crippen molar-refractivity contribution in [2.45, 2.75) is 19.6 Å². The zero-order chi connectivity index (χ0) is 23.5. The van der Waals surface area contributed by atoms with Gasteiger partial charge in [0.1, 0.15) is 5.75 Å². The average Bonchev–Trinajstić information content (AvgIpc) is 3.21. The van der Waals surface area contributed by atoms with E-state index in [9.17, 15) is 13.2 Å². The van der Waals surface area contributed by atoms with E-state index in [1.54, 1.807) is 56.4 Å². The number of amides is 1. The third kappa shape index (κ3) is 5.57. The van der Waals surface area contributed by atoms with Crippen LogP contribution in [0.15, 0.2) is 53.1 Å². The number of hydrogen-bond acceptors (Lipinski definition) is 7. The summed E-state index contributed by atoms with van der Waals surface area (Å²) in [6, 6.07) is 13.5. The third-order valence-corrected chi connectivity index (χ3v) is 6.23. The van der Waals surface area contributed by atoms with Crippen molar-refractivity contribution in [3.05, 3.63) is 59.4 Å². The van der Waals surface area contributed by atoms with Crippen molar-refractivity contribution in [3.8, 4) is 17.1 Å². The molecule has 0 saturated heterocycles. The van der Waals surface area contributed by atoms with Gasteiger partial charge < -0.3 is 14.2 Å². The van der Waals surface area contributed by atoms with Gasteiger partial charge in [-0.05, 0) is 43.3 Å². The number of sulfonamides is 1. The van der Waals surface area contributed by atoms with E-state index in [1.165, 1.54) is 11.9 Å². The lowest BCUT2D eigenvalue weighted by molar-refractivity contribution is -0.137. The normalized spacial score (nSPS) is 12.3. The van der Waals surface area contributed by atoms with Crippen molar-refractivity contribution in [1.82, 2.24) is 15.0 Å². The van der Waals surface area contributed by atoms with Crippen LogP contribution in [0.1, 0.15) is 12.8 Å². The molecule has 170 valence electrons. The van der Waals surface area contributed by atoms with Crippen LogP contribution >= 0.6 is 11.6 Å². The van der Waals surface area contributed by atoms with Crippen molar-refractivity contribution in [2.75, 3.05) is 24.7 Å². The van der Waals surface area contributed by atoms with Crippen molar-refractivity contribution in [1.29, 1.82) is 0 Å². The van der Waals surface area contributed by atoms with Crippen LogP contribution in [0.2, 0.25) is 5.02 Å². The topological polar surface area (TPSA) is 106 Å². The maximum absolute atomic E-state index is 12.7. The van der Waals surface area contributed by atoms with Crippen LogP contribution in [0.25, 0.3) is 11.4 Å². The Hall–Kier alpha value is -3.11. The van der Waals surface area contributed by atoms with Gasteiger partial charge in [0.25, 0.3) is 5.91 Å². The van der Waals surface area contributed by atoms with Gasteiger partial charge in [-0.25, -0.2) is 8.42 Å². The molecule has 11 heteroatoms. The molecule has 0 saturated carbocycles. The molecule has 0 N–H and O–H groups in total. The standard InChI is InChI=1S/C21H23ClN4O5S/c1-14(30-16-11-9-15(10-12-16)26(3)32(4,28)29)21(27)25(2)13-19-23-20(24-31-19)17-7-5-6-8-18(17)22/h5-12,14H,13H2,1-4H3. The average molecular weight is 479 g/mol. The predicted octanol–water partition coefficient (Wildman–Crippen LogP) is 3.21. The maximum atomic E-state index is 12.7.